The second-order valence-electron chi connectivity index (χ2n) is 6.65. The van der Waals surface area contributed by atoms with Crippen LogP contribution in [0.4, 0.5) is 5.95 Å². The summed E-state index contributed by atoms with van der Waals surface area (Å²) in [5.41, 5.74) is 3.24. The van der Waals surface area contributed by atoms with Crippen LogP contribution in [0.1, 0.15) is 17.5 Å². The highest BCUT2D eigenvalue weighted by atomic mass is 79.9. The van der Waals surface area contributed by atoms with Crippen molar-refractivity contribution in [1.82, 2.24) is 19.7 Å². The van der Waals surface area contributed by atoms with Crippen molar-refractivity contribution in [3.63, 3.8) is 0 Å². The number of nitrogens with one attached hydrogen (secondary N) is 1. The predicted octanol–water partition coefficient (Wildman–Crippen LogP) is 2.84. The average molecular weight is 413 g/mol. The number of hydrogen-bond acceptors (Lipinski definition) is 5. The van der Waals surface area contributed by atoms with Crippen LogP contribution in [0.15, 0.2) is 27.6 Å². The fraction of sp³-hybridized carbons (Fsp3) is 0.333. The second-order valence-corrected chi connectivity index (χ2v) is 7.57. The highest BCUT2D eigenvalue weighted by Gasteiger charge is 2.24. The molecule has 0 radical (unpaired) electrons. The van der Waals surface area contributed by atoms with Gasteiger partial charge in [0, 0.05) is 23.8 Å². The van der Waals surface area contributed by atoms with E-state index in [1.165, 1.54) is 0 Å². The molecule has 1 aliphatic heterocycles. The Kier molecular flexibility index (Phi) is 4.04. The van der Waals surface area contributed by atoms with Gasteiger partial charge in [0.05, 0.1) is 17.7 Å². The van der Waals surface area contributed by atoms with E-state index in [1.807, 2.05) is 30.9 Å². The van der Waals surface area contributed by atoms with Crippen LogP contribution < -0.4 is 10.5 Å². The Morgan fingerprint density at radius 2 is 2.08 bits per heavy atom. The molecule has 1 atom stereocenters. The van der Waals surface area contributed by atoms with Gasteiger partial charge in [-0.1, -0.05) is 15.9 Å². The maximum atomic E-state index is 12.5. The van der Waals surface area contributed by atoms with Crippen molar-refractivity contribution in [3.05, 3.63) is 44.3 Å². The SMILES string of the molecule is Cc1cc(Br)cc(C)c1-n1cc2c(=O)[nH]c(N3CCC(C#N)C3)nc2n1. The maximum absolute atomic E-state index is 12.5. The van der Waals surface area contributed by atoms with Crippen LogP contribution in [0.25, 0.3) is 16.7 Å². The van der Waals surface area contributed by atoms with Crippen molar-refractivity contribution in [2.75, 3.05) is 18.0 Å². The lowest BCUT2D eigenvalue weighted by Crippen LogP contribution is -2.24. The number of aryl methyl sites for hydroxylation is 2. The molecule has 2 aromatic heterocycles. The van der Waals surface area contributed by atoms with Crippen LogP contribution in [0, 0.1) is 31.1 Å². The smallest absolute Gasteiger partial charge is 0.263 e. The number of nitriles is 1. The molecule has 8 heteroatoms. The highest BCUT2D eigenvalue weighted by Crippen LogP contribution is 2.25. The van der Waals surface area contributed by atoms with Crippen LogP contribution >= 0.6 is 15.9 Å². The van der Waals surface area contributed by atoms with Crippen molar-refractivity contribution in [2.45, 2.75) is 20.3 Å². The van der Waals surface area contributed by atoms with Crippen molar-refractivity contribution < 1.29 is 0 Å². The van der Waals surface area contributed by atoms with Gasteiger partial charge in [0.1, 0.15) is 5.39 Å². The second kappa shape index (κ2) is 6.25. The lowest BCUT2D eigenvalue weighted by molar-refractivity contribution is 0.752. The van der Waals surface area contributed by atoms with Crippen LogP contribution in [0.2, 0.25) is 0 Å². The van der Waals surface area contributed by atoms with Gasteiger partial charge in [-0.25, -0.2) is 4.68 Å². The molecule has 132 valence electrons. The average Bonchev–Trinajstić information content (AvgIpc) is 3.20. The van der Waals surface area contributed by atoms with Gasteiger partial charge in [-0.3, -0.25) is 9.78 Å². The number of aromatic nitrogens is 4. The van der Waals surface area contributed by atoms with E-state index in [0.717, 1.165) is 27.7 Å². The molecule has 1 aromatic carbocycles. The Morgan fingerprint density at radius 1 is 1.35 bits per heavy atom. The molecule has 3 aromatic rings. The van der Waals surface area contributed by atoms with Gasteiger partial charge in [-0.05, 0) is 43.5 Å². The molecule has 1 saturated heterocycles. The van der Waals surface area contributed by atoms with Crippen molar-refractivity contribution >= 4 is 32.9 Å². The summed E-state index contributed by atoms with van der Waals surface area (Å²) in [6, 6.07) is 6.31. The van der Waals surface area contributed by atoms with Crippen molar-refractivity contribution in [2.24, 2.45) is 5.92 Å². The van der Waals surface area contributed by atoms with Crippen molar-refractivity contribution in [3.8, 4) is 11.8 Å². The van der Waals surface area contributed by atoms with Gasteiger partial charge in [0.2, 0.25) is 5.95 Å². The number of aromatic amines is 1. The first-order valence-corrected chi connectivity index (χ1v) is 9.17. The fourth-order valence-electron chi connectivity index (χ4n) is 3.49. The molecular weight excluding hydrogens is 396 g/mol. The number of anilines is 1. The molecule has 1 fully saturated rings. The molecule has 1 aliphatic rings. The van der Waals surface area contributed by atoms with Crippen LogP contribution in [0.5, 0.6) is 0 Å². The quantitative estimate of drug-likeness (QED) is 0.698. The van der Waals surface area contributed by atoms with E-state index in [2.05, 4.69) is 37.1 Å². The third-order valence-corrected chi connectivity index (χ3v) is 5.19. The summed E-state index contributed by atoms with van der Waals surface area (Å²) in [5.74, 6) is 0.455. The minimum atomic E-state index is -0.218. The number of halogens is 1. The monoisotopic (exact) mass is 412 g/mol. The van der Waals surface area contributed by atoms with Crippen LogP contribution in [0.3, 0.4) is 0 Å². The fourth-order valence-corrected chi connectivity index (χ4v) is 4.18. The Bertz CT molecular complexity index is 1090. The molecular formula is C18H17BrN6O. The van der Waals surface area contributed by atoms with Gasteiger partial charge in [0.15, 0.2) is 5.65 Å². The Balaban J connectivity index is 1.81. The van der Waals surface area contributed by atoms with Gasteiger partial charge < -0.3 is 4.90 Å². The summed E-state index contributed by atoms with van der Waals surface area (Å²) in [6.07, 6.45) is 2.50. The normalized spacial score (nSPS) is 17.0. The third kappa shape index (κ3) is 2.78. The predicted molar refractivity (Wildman–Crippen MR) is 103 cm³/mol. The first-order chi connectivity index (χ1) is 12.5. The molecule has 0 amide bonds. The molecule has 4 rings (SSSR count). The summed E-state index contributed by atoms with van der Waals surface area (Å²) in [5, 5.41) is 14.1. The zero-order valence-electron chi connectivity index (χ0n) is 14.5. The number of hydrogen-bond donors (Lipinski definition) is 1. The van der Waals surface area contributed by atoms with Gasteiger partial charge in [-0.2, -0.15) is 10.2 Å². The summed E-state index contributed by atoms with van der Waals surface area (Å²) >= 11 is 3.50. The number of fused-ring (bicyclic) bond motifs is 1. The van der Waals surface area contributed by atoms with E-state index in [1.54, 1.807) is 10.9 Å². The summed E-state index contributed by atoms with van der Waals surface area (Å²) in [4.78, 5) is 21.8. The summed E-state index contributed by atoms with van der Waals surface area (Å²) in [7, 11) is 0. The first-order valence-electron chi connectivity index (χ1n) is 8.37. The van der Waals surface area contributed by atoms with Crippen molar-refractivity contribution in [1.29, 1.82) is 5.26 Å². The molecule has 0 bridgehead atoms. The van der Waals surface area contributed by atoms with Gasteiger partial charge in [-0.15, -0.1) is 5.10 Å². The lowest BCUT2D eigenvalue weighted by Gasteiger charge is -2.14. The minimum absolute atomic E-state index is 0.0263. The first kappa shape index (κ1) is 16.8. The van der Waals surface area contributed by atoms with Gasteiger partial charge >= 0.3 is 0 Å². The Labute approximate surface area is 158 Å². The topological polar surface area (TPSA) is 90.6 Å². The van der Waals surface area contributed by atoms with E-state index in [9.17, 15) is 4.79 Å². The highest BCUT2D eigenvalue weighted by molar-refractivity contribution is 9.10. The van der Waals surface area contributed by atoms with Crippen LogP contribution in [-0.2, 0) is 0 Å². The molecule has 26 heavy (non-hydrogen) atoms. The minimum Gasteiger partial charge on any atom is -0.341 e. The number of benzene rings is 1. The Morgan fingerprint density at radius 3 is 2.73 bits per heavy atom. The zero-order chi connectivity index (χ0) is 18.4. The van der Waals surface area contributed by atoms with E-state index >= 15 is 0 Å². The number of rotatable bonds is 2. The van der Waals surface area contributed by atoms with E-state index in [0.29, 0.717) is 30.1 Å². The molecule has 3 heterocycles. The molecule has 0 spiro atoms. The molecule has 0 aliphatic carbocycles. The van der Waals surface area contributed by atoms with E-state index < -0.39 is 0 Å². The van der Waals surface area contributed by atoms with Gasteiger partial charge in [0.25, 0.3) is 5.56 Å². The van der Waals surface area contributed by atoms with E-state index in [-0.39, 0.29) is 11.5 Å². The molecule has 1 unspecified atom stereocenters. The summed E-state index contributed by atoms with van der Waals surface area (Å²) in [6.45, 7) is 5.30. The molecule has 0 saturated carbocycles. The molecule has 7 nitrogen and oxygen atoms in total. The van der Waals surface area contributed by atoms with Crippen LogP contribution in [-0.4, -0.2) is 32.8 Å². The number of H-pyrrole nitrogens is 1. The molecule has 1 N–H and O–H groups in total. The van der Waals surface area contributed by atoms with E-state index in [4.69, 9.17) is 5.26 Å². The number of nitrogens with zero attached hydrogens (tertiary/aromatic N) is 5. The lowest BCUT2D eigenvalue weighted by atomic mass is 10.1. The Hall–Kier alpha value is -2.66. The standard InChI is InChI=1S/C18H17BrN6O/c1-10-5-13(19)6-11(2)15(10)25-9-14-16(23-25)21-18(22-17(14)26)24-4-3-12(7-20)8-24/h5-6,9,12H,3-4,8H2,1-2H3,(H,21,22,23,26). The third-order valence-electron chi connectivity index (χ3n) is 4.73. The largest absolute Gasteiger partial charge is 0.341 e. The zero-order valence-corrected chi connectivity index (χ0v) is 16.0. The maximum Gasteiger partial charge on any atom is 0.263 e. The summed E-state index contributed by atoms with van der Waals surface area (Å²) < 4.78 is 2.72.